The van der Waals surface area contributed by atoms with Crippen molar-refractivity contribution in [3.05, 3.63) is 35.8 Å². The minimum absolute atomic E-state index is 0. The minimum Gasteiger partial charge on any atom is -0.619 e. The van der Waals surface area contributed by atoms with Gasteiger partial charge in [0.1, 0.15) is 0 Å². The van der Waals surface area contributed by atoms with E-state index >= 15 is 0 Å². The third-order valence-corrected chi connectivity index (χ3v) is 0.688. The van der Waals surface area contributed by atoms with Crippen LogP contribution in [-0.2, 0) is 11.0 Å². The quantitative estimate of drug-likeness (QED) is 0.180. The summed E-state index contributed by atoms with van der Waals surface area (Å²) in [5.41, 5.74) is 0. The largest absolute Gasteiger partial charge is 0.619 e. The van der Waals surface area contributed by atoms with Crippen molar-refractivity contribution >= 4 is 40.5 Å². The molecule has 0 aliphatic heterocycles. The first-order valence-electron chi connectivity index (χ1n) is 2.60. The molecule has 0 saturated heterocycles. The molecule has 12 heavy (non-hydrogen) atoms. The summed E-state index contributed by atoms with van der Waals surface area (Å²) in [5.74, 6) is 0. The molecule has 0 radical (unpaired) electrons. The van der Waals surface area contributed by atoms with E-state index in [0.29, 0.717) is 0 Å². The fourth-order valence-corrected chi connectivity index (χ4v) is 0.383. The molecule has 0 unspecified atom stereocenters. The Balaban J connectivity index is 0. The van der Waals surface area contributed by atoms with E-state index in [1.807, 2.05) is 0 Å². The zero-order valence-corrected chi connectivity index (χ0v) is 6.35. The van der Waals surface area contributed by atoms with Crippen LogP contribution in [0.4, 0.5) is 0 Å². The van der Waals surface area contributed by atoms with E-state index in [1.54, 1.807) is 18.2 Å². The van der Waals surface area contributed by atoms with E-state index in [1.165, 1.54) is 12.4 Å². The van der Waals surface area contributed by atoms with E-state index in [2.05, 4.69) is 0 Å². The first kappa shape index (κ1) is 14.4. The van der Waals surface area contributed by atoms with Gasteiger partial charge in [-0.2, -0.15) is 4.73 Å². The van der Waals surface area contributed by atoms with E-state index in [9.17, 15) is 5.21 Å². The molecule has 1 aromatic rings. The van der Waals surface area contributed by atoms with Gasteiger partial charge in [0.05, 0.1) is 0 Å². The Morgan fingerprint density at radius 2 is 1.50 bits per heavy atom. The van der Waals surface area contributed by atoms with Crippen LogP contribution < -0.4 is 4.73 Å². The van der Waals surface area contributed by atoms with Gasteiger partial charge in [0.2, 0.25) is 0 Å². The number of pyridine rings is 1. The van der Waals surface area contributed by atoms with Crippen molar-refractivity contribution in [1.29, 1.82) is 0 Å². The molecule has 7 heteroatoms. The van der Waals surface area contributed by atoms with Gasteiger partial charge in [-0.05, 0) is 0 Å². The number of nitrogens with zero attached hydrogens (tertiary/aromatic N) is 1. The molecule has 0 saturated carbocycles. The molecule has 0 amide bonds. The second-order valence-corrected chi connectivity index (χ2v) is 1.95. The molecule has 1 aromatic heterocycles. The second-order valence-electron chi connectivity index (χ2n) is 1.47. The van der Waals surface area contributed by atoms with Gasteiger partial charge < -0.3 is 5.21 Å². The van der Waals surface area contributed by atoms with E-state index in [0.717, 1.165) is 4.73 Å². The molecule has 0 aliphatic rings. The van der Waals surface area contributed by atoms with Crippen LogP contribution in [-0.4, -0.2) is 42.5 Å². The Morgan fingerprint density at radius 1 is 1.17 bits per heavy atom. The molecule has 0 spiro atoms. The maximum absolute atomic E-state index is 10.2. The van der Waals surface area contributed by atoms with Crippen LogP contribution in [0.15, 0.2) is 30.6 Å². The van der Waals surface area contributed by atoms with Crippen molar-refractivity contribution in [2.45, 2.75) is 0 Å². The number of hydrogen-bond donors (Lipinski definition) is 2. The molecule has 5 nitrogen and oxygen atoms in total. The predicted molar refractivity (Wildman–Crippen MR) is 45.5 cm³/mol. The summed E-state index contributed by atoms with van der Waals surface area (Å²) >= 11 is 0. The summed E-state index contributed by atoms with van der Waals surface area (Å²) in [6, 6.07) is 5.18. The van der Waals surface area contributed by atoms with Gasteiger partial charge in [-0.25, -0.2) is 8.42 Å². The molecular weight excluding hydrogens is 193 g/mol. The first-order chi connectivity index (χ1) is 5.13. The molecule has 0 fully saturated rings. The van der Waals surface area contributed by atoms with Crippen LogP contribution in [0.1, 0.15) is 0 Å². The zero-order valence-electron chi connectivity index (χ0n) is 5.45. The summed E-state index contributed by atoms with van der Waals surface area (Å²) < 4.78 is 24.9. The minimum atomic E-state index is -3.12. The Kier molecular flexibility index (Phi) is 10.7. The number of thiol groups is 1. The van der Waals surface area contributed by atoms with Crippen molar-refractivity contribution in [2.75, 3.05) is 0 Å². The van der Waals surface area contributed by atoms with Crippen molar-refractivity contribution in [3.63, 3.8) is 0 Å². The molecule has 1 N–H and O–H groups in total. The van der Waals surface area contributed by atoms with Crippen molar-refractivity contribution in [2.24, 2.45) is 0 Å². The van der Waals surface area contributed by atoms with Crippen molar-refractivity contribution < 1.29 is 17.7 Å². The van der Waals surface area contributed by atoms with Crippen molar-refractivity contribution in [1.82, 2.24) is 0 Å². The summed E-state index contributed by atoms with van der Waals surface area (Å²) in [5, 5.41) is 10.2. The van der Waals surface area contributed by atoms with Crippen LogP contribution in [0.5, 0.6) is 0 Å². The molecule has 64 valence electrons. The zero-order chi connectivity index (χ0) is 8.69. The smallest absolute Gasteiger partial charge is 0.180 e. The molecule has 1 heterocycles. The van der Waals surface area contributed by atoms with Crippen LogP contribution in [0.2, 0.25) is 0 Å². The van der Waals surface area contributed by atoms with Gasteiger partial charge in [0.25, 0.3) is 11.0 Å². The fourth-order valence-electron chi connectivity index (χ4n) is 0.383. The van der Waals surface area contributed by atoms with Crippen LogP contribution in [0, 0.1) is 5.21 Å². The summed E-state index contributed by atoms with van der Waals surface area (Å²) in [7, 11) is -3.12. The molecule has 0 aliphatic carbocycles. The maximum Gasteiger partial charge on any atom is 0.180 e. The Morgan fingerprint density at radius 3 is 1.67 bits per heavy atom. The van der Waals surface area contributed by atoms with E-state index in [4.69, 9.17) is 13.0 Å². The SMILES string of the molecule is O=[SH](=O)O.[NaH].[O-][n+]1ccccc1. The Labute approximate surface area is 93.7 Å². The second kappa shape index (κ2) is 8.95. The van der Waals surface area contributed by atoms with Gasteiger partial charge in [0.15, 0.2) is 12.4 Å². The van der Waals surface area contributed by atoms with Gasteiger partial charge >= 0.3 is 29.6 Å². The average Bonchev–Trinajstić information content (AvgIpc) is 1.87. The normalized spacial score (nSPS) is 7.83. The summed E-state index contributed by atoms with van der Waals surface area (Å²) in [4.78, 5) is 0. The standard InChI is InChI=1S/C5H5NO.Na.H2O3S.H/c7-6-4-2-1-3-5-6;;1-4(2)3;/h1-5H;;4H,(H,1,2,3);. The topological polar surface area (TPSA) is 81.3 Å². The van der Waals surface area contributed by atoms with E-state index < -0.39 is 11.0 Å². The number of rotatable bonds is 0. The van der Waals surface area contributed by atoms with Crippen LogP contribution >= 0.6 is 0 Å². The predicted octanol–water partition coefficient (Wildman–Crippen LogP) is -1.26. The summed E-state index contributed by atoms with van der Waals surface area (Å²) in [6.07, 6.45) is 2.89. The van der Waals surface area contributed by atoms with Crippen molar-refractivity contribution in [3.8, 4) is 0 Å². The number of aromatic nitrogens is 1. The Bertz CT molecular complexity index is 255. The fraction of sp³-hybridized carbons (Fsp3) is 0. The molecular formula is C5H8NNaO4S. The first-order valence-corrected chi connectivity index (χ1v) is 3.73. The number of hydrogen-bond acceptors (Lipinski definition) is 3. The molecule has 1 rings (SSSR count). The maximum atomic E-state index is 10.2. The van der Waals surface area contributed by atoms with Gasteiger partial charge in [-0.15, -0.1) is 0 Å². The molecule has 0 aromatic carbocycles. The summed E-state index contributed by atoms with van der Waals surface area (Å²) in [6.45, 7) is 0. The van der Waals surface area contributed by atoms with Crippen LogP contribution in [0.25, 0.3) is 0 Å². The van der Waals surface area contributed by atoms with Gasteiger partial charge in [-0.3, -0.25) is 4.55 Å². The van der Waals surface area contributed by atoms with Crippen LogP contribution in [0.3, 0.4) is 0 Å². The van der Waals surface area contributed by atoms with Gasteiger partial charge in [0, 0.05) is 12.1 Å². The Hall–Kier alpha value is -0.140. The average molecular weight is 201 g/mol. The van der Waals surface area contributed by atoms with Gasteiger partial charge in [-0.1, -0.05) is 6.07 Å². The molecule has 0 atom stereocenters. The molecule has 0 bridgehead atoms. The third-order valence-electron chi connectivity index (χ3n) is 0.688. The van der Waals surface area contributed by atoms with E-state index in [-0.39, 0.29) is 29.6 Å². The third kappa shape index (κ3) is 12.5. The monoisotopic (exact) mass is 201 g/mol.